The molecule has 0 radical (unpaired) electrons. The maximum Gasteiger partial charge on any atom is 0.252 e. The number of thiophene rings is 1. The minimum Gasteiger partial charge on any atom is -0.340 e. The molecule has 4 aromatic rings. The highest BCUT2D eigenvalue weighted by Gasteiger charge is 2.19. The summed E-state index contributed by atoms with van der Waals surface area (Å²) in [6.07, 6.45) is 0. The fraction of sp³-hybridized carbons (Fsp3) is 0.0556. The van der Waals surface area contributed by atoms with Gasteiger partial charge in [-0.05, 0) is 35.2 Å². The van der Waals surface area contributed by atoms with E-state index in [0.717, 1.165) is 16.0 Å². The first-order chi connectivity index (χ1) is 11.8. The van der Waals surface area contributed by atoms with Crippen LogP contribution in [0.3, 0.4) is 0 Å². The number of carbonyl (C=O) groups excluding carboxylic acids is 1. The molecule has 0 bridgehead atoms. The Balaban J connectivity index is 1.65. The predicted molar refractivity (Wildman–Crippen MR) is 94.0 cm³/mol. The van der Waals surface area contributed by atoms with Gasteiger partial charge in [-0.15, -0.1) is 11.3 Å². The van der Waals surface area contributed by atoms with Gasteiger partial charge in [-0.25, -0.2) is 0 Å². The summed E-state index contributed by atoms with van der Waals surface area (Å²) >= 11 is 1.62. The van der Waals surface area contributed by atoms with Crippen molar-refractivity contribution in [3.05, 3.63) is 82.0 Å². The molecule has 1 atom stereocenters. The monoisotopic (exact) mass is 334 g/mol. The van der Waals surface area contributed by atoms with Crippen LogP contribution in [0.1, 0.15) is 26.8 Å². The van der Waals surface area contributed by atoms with Crippen molar-refractivity contribution in [1.82, 2.24) is 20.7 Å². The van der Waals surface area contributed by atoms with E-state index in [4.69, 9.17) is 0 Å². The number of aromatic amines is 1. The number of amides is 1. The Morgan fingerprint density at radius 2 is 1.83 bits per heavy atom. The van der Waals surface area contributed by atoms with Gasteiger partial charge >= 0.3 is 0 Å². The molecule has 0 aliphatic heterocycles. The van der Waals surface area contributed by atoms with E-state index in [1.165, 1.54) is 0 Å². The van der Waals surface area contributed by atoms with E-state index >= 15 is 0 Å². The van der Waals surface area contributed by atoms with Crippen LogP contribution in [0.25, 0.3) is 11.0 Å². The lowest BCUT2D eigenvalue weighted by atomic mass is 10.0. The quantitative estimate of drug-likeness (QED) is 0.600. The number of fused-ring (bicyclic) bond motifs is 1. The maximum atomic E-state index is 12.7. The molecule has 6 heteroatoms. The van der Waals surface area contributed by atoms with Crippen molar-refractivity contribution in [1.29, 1.82) is 0 Å². The predicted octanol–water partition coefficient (Wildman–Crippen LogP) is 3.54. The van der Waals surface area contributed by atoms with Gasteiger partial charge in [-0.2, -0.15) is 15.4 Å². The van der Waals surface area contributed by atoms with Gasteiger partial charge < -0.3 is 5.32 Å². The van der Waals surface area contributed by atoms with E-state index in [-0.39, 0.29) is 11.9 Å². The number of hydrogen-bond acceptors (Lipinski definition) is 4. The summed E-state index contributed by atoms with van der Waals surface area (Å²) < 4.78 is 0. The average molecular weight is 334 g/mol. The first-order valence-electron chi connectivity index (χ1n) is 7.51. The van der Waals surface area contributed by atoms with Gasteiger partial charge in [-0.1, -0.05) is 36.4 Å². The molecule has 0 saturated carbocycles. The Bertz CT molecular complexity index is 963. The number of H-pyrrole nitrogens is 1. The first-order valence-corrected chi connectivity index (χ1v) is 8.39. The fourth-order valence-corrected chi connectivity index (χ4v) is 3.42. The average Bonchev–Trinajstić information content (AvgIpc) is 3.31. The molecule has 118 valence electrons. The second-order valence-corrected chi connectivity index (χ2v) is 6.34. The molecule has 2 aromatic heterocycles. The van der Waals surface area contributed by atoms with Crippen LogP contribution in [0.5, 0.6) is 0 Å². The summed E-state index contributed by atoms with van der Waals surface area (Å²) in [5.74, 6) is -0.137. The van der Waals surface area contributed by atoms with Crippen molar-refractivity contribution < 1.29 is 4.79 Å². The highest BCUT2D eigenvalue weighted by Crippen LogP contribution is 2.26. The van der Waals surface area contributed by atoms with Gasteiger partial charge in [0.2, 0.25) is 0 Å². The third-order valence-electron chi connectivity index (χ3n) is 3.81. The first kappa shape index (κ1) is 14.6. The van der Waals surface area contributed by atoms with Crippen molar-refractivity contribution in [3.63, 3.8) is 0 Å². The zero-order valence-corrected chi connectivity index (χ0v) is 13.5. The van der Waals surface area contributed by atoms with Crippen LogP contribution in [0.15, 0.2) is 66.0 Å². The standard InChI is InChI=1S/C18H14N4OS/c23-18(13-8-9-14-15(11-13)21-22-20-14)19-17(16-7-4-10-24-16)12-5-2-1-3-6-12/h1-11,17H,(H,19,23)(H,20,21,22)/t17-/m1/s1. The Morgan fingerprint density at radius 1 is 1.00 bits per heavy atom. The molecular weight excluding hydrogens is 320 g/mol. The third kappa shape index (κ3) is 2.79. The van der Waals surface area contributed by atoms with E-state index in [1.807, 2.05) is 47.8 Å². The number of hydrogen-bond donors (Lipinski definition) is 2. The topological polar surface area (TPSA) is 70.7 Å². The molecule has 0 unspecified atom stereocenters. The molecule has 2 N–H and O–H groups in total. The van der Waals surface area contributed by atoms with Crippen LogP contribution < -0.4 is 5.32 Å². The highest BCUT2D eigenvalue weighted by molar-refractivity contribution is 7.10. The van der Waals surface area contributed by atoms with Crippen LogP contribution >= 0.6 is 11.3 Å². The summed E-state index contributed by atoms with van der Waals surface area (Å²) in [6.45, 7) is 0. The normalized spacial score (nSPS) is 12.2. The Morgan fingerprint density at radius 3 is 2.62 bits per heavy atom. The van der Waals surface area contributed by atoms with E-state index in [0.29, 0.717) is 11.1 Å². The van der Waals surface area contributed by atoms with Crippen molar-refractivity contribution in [2.45, 2.75) is 6.04 Å². The van der Waals surface area contributed by atoms with E-state index in [9.17, 15) is 4.79 Å². The minimum atomic E-state index is -0.174. The molecule has 0 fully saturated rings. The van der Waals surface area contributed by atoms with Crippen LogP contribution in [-0.4, -0.2) is 21.3 Å². The summed E-state index contributed by atoms with van der Waals surface area (Å²) in [6, 6.07) is 19.1. The molecule has 1 amide bonds. The molecular formula is C18H14N4OS. The zero-order chi connectivity index (χ0) is 16.4. The van der Waals surface area contributed by atoms with Gasteiger partial charge in [0.1, 0.15) is 11.0 Å². The van der Waals surface area contributed by atoms with Crippen LogP contribution in [0.2, 0.25) is 0 Å². The molecule has 2 heterocycles. The molecule has 4 rings (SSSR count). The largest absolute Gasteiger partial charge is 0.340 e. The number of aromatic nitrogens is 3. The minimum absolute atomic E-state index is 0.137. The van der Waals surface area contributed by atoms with E-state index in [2.05, 4.69) is 20.7 Å². The molecule has 0 spiro atoms. The Kier molecular flexibility index (Phi) is 3.80. The number of carbonyl (C=O) groups is 1. The van der Waals surface area contributed by atoms with Crippen LogP contribution in [0, 0.1) is 0 Å². The van der Waals surface area contributed by atoms with Crippen molar-refractivity contribution in [2.75, 3.05) is 0 Å². The Labute approximate surface area is 142 Å². The van der Waals surface area contributed by atoms with Crippen molar-refractivity contribution in [3.8, 4) is 0 Å². The van der Waals surface area contributed by atoms with E-state index < -0.39 is 0 Å². The zero-order valence-electron chi connectivity index (χ0n) is 12.6. The number of rotatable bonds is 4. The third-order valence-corrected chi connectivity index (χ3v) is 4.75. The molecule has 0 aliphatic carbocycles. The summed E-state index contributed by atoms with van der Waals surface area (Å²) in [7, 11) is 0. The number of nitrogens with one attached hydrogen (secondary N) is 2. The van der Waals surface area contributed by atoms with Gasteiger partial charge in [0, 0.05) is 10.4 Å². The fourth-order valence-electron chi connectivity index (χ4n) is 2.62. The molecule has 24 heavy (non-hydrogen) atoms. The molecule has 0 saturated heterocycles. The van der Waals surface area contributed by atoms with Crippen LogP contribution in [0.4, 0.5) is 0 Å². The second-order valence-electron chi connectivity index (χ2n) is 5.36. The van der Waals surface area contributed by atoms with Gasteiger partial charge in [-0.3, -0.25) is 4.79 Å². The van der Waals surface area contributed by atoms with E-state index in [1.54, 1.807) is 29.5 Å². The van der Waals surface area contributed by atoms with Gasteiger partial charge in [0.25, 0.3) is 5.91 Å². The van der Waals surface area contributed by atoms with Gasteiger partial charge in [0.05, 0.1) is 6.04 Å². The number of benzene rings is 2. The van der Waals surface area contributed by atoms with Crippen LogP contribution in [-0.2, 0) is 0 Å². The summed E-state index contributed by atoms with van der Waals surface area (Å²) in [4.78, 5) is 13.8. The summed E-state index contributed by atoms with van der Waals surface area (Å²) in [5, 5.41) is 15.7. The highest BCUT2D eigenvalue weighted by atomic mass is 32.1. The maximum absolute atomic E-state index is 12.7. The number of nitrogens with zero attached hydrogens (tertiary/aromatic N) is 2. The van der Waals surface area contributed by atoms with Crippen molar-refractivity contribution >= 4 is 28.3 Å². The second kappa shape index (κ2) is 6.25. The van der Waals surface area contributed by atoms with Gasteiger partial charge in [0.15, 0.2) is 0 Å². The SMILES string of the molecule is O=C(N[C@H](c1ccccc1)c1cccs1)c1ccc2n[nH]nc2c1. The van der Waals surface area contributed by atoms with Crippen molar-refractivity contribution in [2.24, 2.45) is 0 Å². The lowest BCUT2D eigenvalue weighted by molar-refractivity contribution is 0.0943. The smallest absolute Gasteiger partial charge is 0.252 e. The molecule has 5 nitrogen and oxygen atoms in total. The Hall–Kier alpha value is -2.99. The molecule has 2 aromatic carbocycles. The lowest BCUT2D eigenvalue weighted by Crippen LogP contribution is -2.28. The summed E-state index contributed by atoms with van der Waals surface area (Å²) in [5.41, 5.74) is 3.03. The lowest BCUT2D eigenvalue weighted by Gasteiger charge is -2.18. The molecule has 0 aliphatic rings.